The van der Waals surface area contributed by atoms with E-state index >= 15 is 0 Å². The van der Waals surface area contributed by atoms with Gasteiger partial charge in [-0.25, -0.2) is 4.98 Å². The van der Waals surface area contributed by atoms with Crippen LogP contribution in [0.25, 0.3) is 0 Å². The Morgan fingerprint density at radius 3 is 2.95 bits per heavy atom. The summed E-state index contributed by atoms with van der Waals surface area (Å²) < 4.78 is 10.7. The topological polar surface area (TPSA) is 59.2 Å². The largest absolute Gasteiger partial charge is 0.497 e. The van der Waals surface area contributed by atoms with Gasteiger partial charge in [0.1, 0.15) is 11.5 Å². The molecule has 1 aromatic carbocycles. The summed E-state index contributed by atoms with van der Waals surface area (Å²) in [5, 5.41) is 3.49. The van der Waals surface area contributed by atoms with E-state index in [4.69, 9.17) is 9.47 Å². The molecule has 1 unspecified atom stereocenters. The van der Waals surface area contributed by atoms with Gasteiger partial charge in [0.05, 0.1) is 32.3 Å². The lowest BCUT2D eigenvalue weighted by Gasteiger charge is -2.25. The van der Waals surface area contributed by atoms with Gasteiger partial charge in [-0.2, -0.15) is 0 Å². The maximum atomic E-state index is 5.47. The highest BCUT2D eigenvalue weighted by Gasteiger charge is 2.26. The number of rotatable bonds is 3. The first-order valence-corrected chi connectivity index (χ1v) is 6.31. The van der Waals surface area contributed by atoms with Crippen molar-refractivity contribution in [3.8, 4) is 11.5 Å². The van der Waals surface area contributed by atoms with Gasteiger partial charge in [0.25, 0.3) is 0 Å². The Labute approximate surface area is 112 Å². The van der Waals surface area contributed by atoms with E-state index < -0.39 is 0 Å². The van der Waals surface area contributed by atoms with Crippen LogP contribution in [0.2, 0.25) is 0 Å². The molecular weight excluding hydrogens is 242 g/mol. The number of methoxy groups -OCH3 is 2. The Morgan fingerprint density at radius 2 is 2.16 bits per heavy atom. The highest BCUT2D eigenvalue weighted by Crippen LogP contribution is 2.34. The maximum Gasteiger partial charge on any atom is 0.127 e. The van der Waals surface area contributed by atoms with Crippen LogP contribution in [-0.4, -0.2) is 30.7 Å². The second kappa shape index (κ2) is 4.93. The van der Waals surface area contributed by atoms with Crippen LogP contribution in [-0.2, 0) is 6.42 Å². The molecule has 100 valence electrons. The minimum atomic E-state index is 0.0656. The van der Waals surface area contributed by atoms with E-state index in [-0.39, 0.29) is 6.04 Å². The molecule has 3 rings (SSSR count). The molecule has 0 aliphatic carbocycles. The Morgan fingerprint density at radius 1 is 1.26 bits per heavy atom. The fraction of sp³-hybridized carbons (Fsp3) is 0.357. The number of fused-ring (bicyclic) bond motifs is 1. The zero-order valence-electron chi connectivity index (χ0n) is 11.1. The molecule has 5 nitrogen and oxygen atoms in total. The lowest BCUT2D eigenvalue weighted by molar-refractivity contribution is 0.386. The highest BCUT2D eigenvalue weighted by atomic mass is 16.5. The average molecular weight is 259 g/mol. The second-order valence-corrected chi connectivity index (χ2v) is 4.51. The Bertz CT molecular complexity index is 580. The minimum absolute atomic E-state index is 0.0656. The summed E-state index contributed by atoms with van der Waals surface area (Å²) in [5.74, 6) is 1.60. The van der Waals surface area contributed by atoms with E-state index in [2.05, 4.69) is 15.3 Å². The SMILES string of the molecule is COc1ccc(C2NCCc3[nH]cnc32)c(OC)c1. The quantitative estimate of drug-likeness (QED) is 0.880. The van der Waals surface area contributed by atoms with Crippen LogP contribution in [0.4, 0.5) is 0 Å². The van der Waals surface area contributed by atoms with E-state index in [1.54, 1.807) is 20.5 Å². The van der Waals surface area contributed by atoms with Gasteiger partial charge in [0.15, 0.2) is 0 Å². The number of H-pyrrole nitrogens is 1. The number of benzene rings is 1. The fourth-order valence-corrected chi connectivity index (χ4v) is 2.53. The lowest BCUT2D eigenvalue weighted by atomic mass is 9.97. The molecule has 1 aliphatic heterocycles. The molecule has 0 saturated carbocycles. The number of nitrogens with one attached hydrogen (secondary N) is 2. The number of imidazole rings is 1. The summed E-state index contributed by atoms with van der Waals surface area (Å²) in [4.78, 5) is 7.63. The number of nitrogens with zero attached hydrogens (tertiary/aromatic N) is 1. The molecule has 5 heteroatoms. The molecular formula is C14H17N3O2. The van der Waals surface area contributed by atoms with Crippen molar-refractivity contribution in [1.29, 1.82) is 0 Å². The first-order valence-electron chi connectivity index (χ1n) is 6.31. The monoisotopic (exact) mass is 259 g/mol. The van der Waals surface area contributed by atoms with Crippen molar-refractivity contribution in [2.45, 2.75) is 12.5 Å². The summed E-state index contributed by atoms with van der Waals surface area (Å²) in [5.41, 5.74) is 3.33. The van der Waals surface area contributed by atoms with Crippen LogP contribution in [0.3, 0.4) is 0 Å². The Kier molecular flexibility index (Phi) is 3.13. The number of hydrogen-bond donors (Lipinski definition) is 2. The standard InChI is InChI=1S/C14H17N3O2/c1-18-9-3-4-10(12(7-9)19-2)13-14-11(5-6-15-13)16-8-17-14/h3-4,7-8,13,15H,5-6H2,1-2H3,(H,16,17). The van der Waals surface area contributed by atoms with E-state index in [1.807, 2.05) is 18.2 Å². The summed E-state index contributed by atoms with van der Waals surface area (Å²) in [6, 6.07) is 5.94. The first kappa shape index (κ1) is 12.0. The van der Waals surface area contributed by atoms with Gasteiger partial charge >= 0.3 is 0 Å². The van der Waals surface area contributed by atoms with Crippen molar-refractivity contribution in [2.24, 2.45) is 0 Å². The van der Waals surface area contributed by atoms with E-state index in [1.165, 1.54) is 5.69 Å². The molecule has 1 aromatic heterocycles. The van der Waals surface area contributed by atoms with Crippen LogP contribution in [0.15, 0.2) is 24.5 Å². The minimum Gasteiger partial charge on any atom is -0.497 e. The zero-order chi connectivity index (χ0) is 13.2. The van der Waals surface area contributed by atoms with Crippen LogP contribution >= 0.6 is 0 Å². The number of aromatic nitrogens is 2. The smallest absolute Gasteiger partial charge is 0.127 e. The molecule has 0 saturated heterocycles. The number of aromatic amines is 1. The molecule has 2 heterocycles. The molecule has 2 N–H and O–H groups in total. The molecule has 1 aliphatic rings. The molecule has 0 spiro atoms. The van der Waals surface area contributed by atoms with Gasteiger partial charge in [-0.05, 0) is 12.1 Å². The van der Waals surface area contributed by atoms with Gasteiger partial charge in [0.2, 0.25) is 0 Å². The summed E-state index contributed by atoms with van der Waals surface area (Å²) in [6.45, 7) is 0.926. The maximum absolute atomic E-state index is 5.47. The van der Waals surface area contributed by atoms with E-state index in [0.717, 1.165) is 35.7 Å². The van der Waals surface area contributed by atoms with Crippen LogP contribution in [0.1, 0.15) is 23.0 Å². The third-order valence-corrected chi connectivity index (χ3v) is 3.50. The third kappa shape index (κ3) is 2.06. The third-order valence-electron chi connectivity index (χ3n) is 3.50. The summed E-state index contributed by atoms with van der Waals surface area (Å²) >= 11 is 0. The van der Waals surface area contributed by atoms with Gasteiger partial charge in [-0.3, -0.25) is 0 Å². The Balaban J connectivity index is 2.04. The summed E-state index contributed by atoms with van der Waals surface area (Å²) in [7, 11) is 3.33. The van der Waals surface area contributed by atoms with Crippen LogP contribution in [0.5, 0.6) is 11.5 Å². The van der Waals surface area contributed by atoms with Crippen LogP contribution in [0, 0.1) is 0 Å². The van der Waals surface area contributed by atoms with E-state index in [0.29, 0.717) is 0 Å². The molecule has 0 fully saturated rings. The molecule has 1 atom stereocenters. The van der Waals surface area contributed by atoms with Crippen molar-refractivity contribution in [1.82, 2.24) is 15.3 Å². The van der Waals surface area contributed by atoms with Gasteiger partial charge < -0.3 is 19.8 Å². The van der Waals surface area contributed by atoms with Crippen molar-refractivity contribution in [3.05, 3.63) is 41.5 Å². The first-order chi connectivity index (χ1) is 9.33. The predicted molar refractivity (Wildman–Crippen MR) is 71.7 cm³/mol. The van der Waals surface area contributed by atoms with Gasteiger partial charge in [-0.1, -0.05) is 0 Å². The average Bonchev–Trinajstić information content (AvgIpc) is 2.95. The summed E-state index contributed by atoms with van der Waals surface area (Å²) in [6.07, 6.45) is 2.73. The Hall–Kier alpha value is -2.01. The van der Waals surface area contributed by atoms with Crippen LogP contribution < -0.4 is 14.8 Å². The van der Waals surface area contributed by atoms with Crippen molar-refractivity contribution in [3.63, 3.8) is 0 Å². The lowest BCUT2D eigenvalue weighted by Crippen LogP contribution is -2.31. The molecule has 0 amide bonds. The normalized spacial score (nSPS) is 17.9. The number of ether oxygens (including phenoxy) is 2. The van der Waals surface area contributed by atoms with Crippen molar-refractivity contribution < 1.29 is 9.47 Å². The zero-order valence-corrected chi connectivity index (χ0v) is 11.1. The molecule has 2 aromatic rings. The van der Waals surface area contributed by atoms with E-state index in [9.17, 15) is 0 Å². The van der Waals surface area contributed by atoms with Gasteiger partial charge in [-0.15, -0.1) is 0 Å². The highest BCUT2D eigenvalue weighted by molar-refractivity contribution is 5.46. The fourth-order valence-electron chi connectivity index (χ4n) is 2.53. The molecule has 0 radical (unpaired) electrons. The molecule has 19 heavy (non-hydrogen) atoms. The predicted octanol–water partition coefficient (Wildman–Crippen LogP) is 1.66. The van der Waals surface area contributed by atoms with Crippen molar-refractivity contribution >= 4 is 0 Å². The van der Waals surface area contributed by atoms with Gasteiger partial charge in [0, 0.05) is 30.3 Å². The molecule has 0 bridgehead atoms. The number of hydrogen-bond acceptors (Lipinski definition) is 4. The second-order valence-electron chi connectivity index (χ2n) is 4.51. The van der Waals surface area contributed by atoms with Crippen molar-refractivity contribution in [2.75, 3.05) is 20.8 Å².